The van der Waals surface area contributed by atoms with Crippen LogP contribution in [0.5, 0.6) is 5.75 Å². The minimum atomic E-state index is 0. The first kappa shape index (κ1) is 27.0. The monoisotopic (exact) mass is 533 g/mol. The van der Waals surface area contributed by atoms with Crippen LogP contribution < -0.4 is 15.4 Å². The molecule has 1 aromatic rings. The van der Waals surface area contributed by atoms with Gasteiger partial charge in [-0.05, 0) is 49.8 Å². The number of hydrogen-bond acceptors (Lipinski definition) is 4. The fraction of sp³-hybridized carbons (Fsp3) is 0.696. The van der Waals surface area contributed by atoms with Gasteiger partial charge in [0.25, 0.3) is 0 Å². The van der Waals surface area contributed by atoms with E-state index in [2.05, 4.69) is 53.7 Å². The molecule has 0 aromatic heterocycles. The van der Waals surface area contributed by atoms with Crippen LogP contribution in [0.25, 0.3) is 0 Å². The Hall–Kier alpha value is -1.06. The largest absolute Gasteiger partial charge is 0.494 e. The molecule has 0 amide bonds. The summed E-state index contributed by atoms with van der Waals surface area (Å²) in [5.74, 6) is 2.34. The molecule has 30 heavy (non-hydrogen) atoms. The number of guanidine groups is 1. The molecule has 0 unspecified atom stereocenters. The predicted molar refractivity (Wildman–Crippen MR) is 134 cm³/mol. The lowest BCUT2D eigenvalue weighted by atomic mass is 9.74. The predicted octanol–water partition coefficient (Wildman–Crippen LogP) is 3.98. The van der Waals surface area contributed by atoms with E-state index in [1.165, 1.54) is 5.56 Å². The van der Waals surface area contributed by atoms with Gasteiger partial charge in [0.05, 0.1) is 6.61 Å². The molecule has 1 heterocycles. The maximum absolute atomic E-state index is 5.65. The van der Waals surface area contributed by atoms with E-state index in [0.717, 1.165) is 70.5 Å². The van der Waals surface area contributed by atoms with E-state index in [1.54, 1.807) is 0 Å². The van der Waals surface area contributed by atoms with Crippen LogP contribution in [-0.2, 0) is 14.9 Å². The van der Waals surface area contributed by atoms with Gasteiger partial charge in [-0.25, -0.2) is 0 Å². The van der Waals surface area contributed by atoms with Crippen LogP contribution in [0.15, 0.2) is 29.3 Å². The molecule has 0 atom stereocenters. The Morgan fingerprint density at radius 1 is 1.17 bits per heavy atom. The summed E-state index contributed by atoms with van der Waals surface area (Å²) in [6, 6.07) is 8.53. The summed E-state index contributed by atoms with van der Waals surface area (Å²) in [6.07, 6.45) is 2.95. The molecule has 2 rings (SSSR count). The molecule has 1 aliphatic heterocycles. The molecular formula is C23H40IN3O3. The van der Waals surface area contributed by atoms with Crippen LogP contribution >= 0.6 is 24.0 Å². The standard InChI is InChI=1S/C23H39N3O3.HI/c1-5-29-21-9-7-20(8-10-21)23(11-15-27-16-12-23)18-26-22(24-4)25-13-6-14-28-17-19(2)3;/h7-10,19H,5-6,11-18H2,1-4H3,(H2,24,25,26);1H. The summed E-state index contributed by atoms with van der Waals surface area (Å²) >= 11 is 0. The Kier molecular flexibility index (Phi) is 13.4. The SMILES string of the molecule is CCOc1ccc(C2(CNC(=NC)NCCCOCC(C)C)CCOCC2)cc1.I. The highest BCUT2D eigenvalue weighted by molar-refractivity contribution is 14.0. The van der Waals surface area contributed by atoms with Crippen LogP contribution in [0.4, 0.5) is 0 Å². The Morgan fingerprint density at radius 3 is 2.47 bits per heavy atom. The highest BCUT2D eigenvalue weighted by Crippen LogP contribution is 2.35. The molecule has 0 aliphatic carbocycles. The first-order valence-electron chi connectivity index (χ1n) is 10.9. The van der Waals surface area contributed by atoms with E-state index in [4.69, 9.17) is 14.2 Å². The van der Waals surface area contributed by atoms with Crippen molar-refractivity contribution < 1.29 is 14.2 Å². The average Bonchev–Trinajstić information content (AvgIpc) is 2.74. The molecule has 1 aromatic carbocycles. The number of halogens is 1. The summed E-state index contributed by atoms with van der Waals surface area (Å²) in [5.41, 5.74) is 1.37. The van der Waals surface area contributed by atoms with E-state index >= 15 is 0 Å². The van der Waals surface area contributed by atoms with Crippen molar-refractivity contribution in [2.75, 3.05) is 53.2 Å². The van der Waals surface area contributed by atoms with Gasteiger partial charge in [-0.3, -0.25) is 4.99 Å². The first-order chi connectivity index (χ1) is 14.1. The molecule has 1 fully saturated rings. The summed E-state index contributed by atoms with van der Waals surface area (Å²) < 4.78 is 16.9. The summed E-state index contributed by atoms with van der Waals surface area (Å²) in [5, 5.41) is 6.94. The van der Waals surface area contributed by atoms with Crippen molar-refractivity contribution in [2.45, 2.75) is 45.4 Å². The van der Waals surface area contributed by atoms with Gasteiger partial charge in [0.2, 0.25) is 0 Å². The summed E-state index contributed by atoms with van der Waals surface area (Å²) in [7, 11) is 1.82. The third-order valence-corrected chi connectivity index (χ3v) is 5.25. The minimum Gasteiger partial charge on any atom is -0.494 e. The molecule has 0 spiro atoms. The molecule has 2 N–H and O–H groups in total. The van der Waals surface area contributed by atoms with Crippen LogP contribution in [-0.4, -0.2) is 59.1 Å². The van der Waals surface area contributed by atoms with Crippen molar-refractivity contribution in [3.8, 4) is 5.75 Å². The van der Waals surface area contributed by atoms with Crippen molar-refractivity contribution in [1.29, 1.82) is 0 Å². The second-order valence-corrected chi connectivity index (χ2v) is 8.02. The number of aliphatic imine (C=N–C) groups is 1. The topological polar surface area (TPSA) is 64.1 Å². The zero-order valence-electron chi connectivity index (χ0n) is 19.0. The lowest BCUT2D eigenvalue weighted by Gasteiger charge is -2.38. The van der Waals surface area contributed by atoms with Crippen molar-refractivity contribution in [1.82, 2.24) is 10.6 Å². The van der Waals surface area contributed by atoms with Gasteiger partial charge in [0.15, 0.2) is 5.96 Å². The third kappa shape index (κ3) is 8.98. The number of nitrogens with one attached hydrogen (secondary N) is 2. The fourth-order valence-corrected chi connectivity index (χ4v) is 3.57. The molecule has 1 saturated heterocycles. The van der Waals surface area contributed by atoms with Gasteiger partial charge >= 0.3 is 0 Å². The number of rotatable bonds is 11. The molecule has 0 saturated carbocycles. The summed E-state index contributed by atoms with van der Waals surface area (Å²) in [4.78, 5) is 4.38. The second-order valence-electron chi connectivity index (χ2n) is 8.02. The molecule has 0 radical (unpaired) electrons. The molecule has 7 heteroatoms. The zero-order chi connectivity index (χ0) is 21.0. The van der Waals surface area contributed by atoms with E-state index in [9.17, 15) is 0 Å². The number of nitrogens with zero attached hydrogens (tertiary/aromatic N) is 1. The van der Waals surface area contributed by atoms with Gasteiger partial charge in [-0.1, -0.05) is 26.0 Å². The Morgan fingerprint density at radius 2 is 1.87 bits per heavy atom. The maximum Gasteiger partial charge on any atom is 0.191 e. The highest BCUT2D eigenvalue weighted by Gasteiger charge is 2.34. The number of benzene rings is 1. The first-order valence-corrected chi connectivity index (χ1v) is 10.9. The average molecular weight is 533 g/mol. The fourth-order valence-electron chi connectivity index (χ4n) is 3.57. The van der Waals surface area contributed by atoms with E-state index < -0.39 is 0 Å². The van der Waals surface area contributed by atoms with Crippen molar-refractivity contribution in [2.24, 2.45) is 10.9 Å². The molecular weight excluding hydrogens is 493 g/mol. The van der Waals surface area contributed by atoms with Crippen molar-refractivity contribution in [3.05, 3.63) is 29.8 Å². The van der Waals surface area contributed by atoms with Crippen molar-refractivity contribution >= 4 is 29.9 Å². The van der Waals surface area contributed by atoms with Crippen LogP contribution in [0, 0.1) is 5.92 Å². The zero-order valence-corrected chi connectivity index (χ0v) is 21.4. The van der Waals surface area contributed by atoms with Gasteiger partial charge in [-0.15, -0.1) is 24.0 Å². The number of ether oxygens (including phenoxy) is 3. The molecule has 172 valence electrons. The van der Waals surface area contributed by atoms with E-state index in [-0.39, 0.29) is 29.4 Å². The Bertz CT molecular complexity index is 602. The third-order valence-electron chi connectivity index (χ3n) is 5.25. The summed E-state index contributed by atoms with van der Waals surface area (Å²) in [6.45, 7) is 11.9. The minimum absolute atomic E-state index is 0. The van der Waals surface area contributed by atoms with Gasteiger partial charge in [0, 0.05) is 52.0 Å². The Labute approximate surface area is 199 Å². The van der Waals surface area contributed by atoms with Crippen molar-refractivity contribution in [3.63, 3.8) is 0 Å². The van der Waals surface area contributed by atoms with Crippen LogP contribution in [0.3, 0.4) is 0 Å². The lowest BCUT2D eigenvalue weighted by Crippen LogP contribution is -2.48. The molecule has 0 bridgehead atoms. The van der Waals surface area contributed by atoms with Gasteiger partial charge in [0.1, 0.15) is 5.75 Å². The molecule has 1 aliphatic rings. The van der Waals surface area contributed by atoms with Crippen LogP contribution in [0.1, 0.15) is 45.6 Å². The van der Waals surface area contributed by atoms with E-state index in [1.807, 2.05) is 14.0 Å². The Balaban J connectivity index is 0.00000450. The molecule has 6 nitrogen and oxygen atoms in total. The van der Waals surface area contributed by atoms with Gasteiger partial charge < -0.3 is 24.8 Å². The lowest BCUT2D eigenvalue weighted by molar-refractivity contribution is 0.0513. The quantitative estimate of drug-likeness (QED) is 0.195. The number of hydrogen-bond donors (Lipinski definition) is 2. The van der Waals surface area contributed by atoms with Crippen LogP contribution in [0.2, 0.25) is 0 Å². The second kappa shape index (κ2) is 14.9. The van der Waals surface area contributed by atoms with Gasteiger partial charge in [-0.2, -0.15) is 0 Å². The highest BCUT2D eigenvalue weighted by atomic mass is 127. The smallest absolute Gasteiger partial charge is 0.191 e. The normalized spacial score (nSPS) is 16.1. The maximum atomic E-state index is 5.65. The van der Waals surface area contributed by atoms with E-state index in [0.29, 0.717) is 12.5 Å².